The molecular weight excluding hydrogens is 552 g/mol. The van der Waals surface area contributed by atoms with Crippen LogP contribution in [-0.2, 0) is 4.79 Å². The van der Waals surface area contributed by atoms with E-state index < -0.39 is 5.97 Å². The number of fused-ring (bicyclic) bond motifs is 6. The summed E-state index contributed by atoms with van der Waals surface area (Å²) < 4.78 is 10.1. The first-order valence-corrected chi connectivity index (χ1v) is 15.4. The number of aromatic nitrogens is 2. The van der Waals surface area contributed by atoms with Gasteiger partial charge in [0.05, 0.1) is 22.1 Å². The van der Waals surface area contributed by atoms with Gasteiger partial charge in [0.1, 0.15) is 5.75 Å². The average Bonchev–Trinajstić information content (AvgIpc) is 3.58. The zero-order chi connectivity index (χ0) is 30.7. The average molecular weight is 585 g/mol. The molecule has 0 spiro atoms. The zero-order valence-electron chi connectivity index (χ0n) is 25.3. The highest BCUT2D eigenvalue weighted by atomic mass is 16.5. The van der Waals surface area contributed by atoms with Gasteiger partial charge in [-0.3, -0.25) is 0 Å². The van der Waals surface area contributed by atoms with Crippen molar-refractivity contribution >= 4 is 55.3 Å². The first-order chi connectivity index (χ1) is 22.0. The van der Waals surface area contributed by atoms with Crippen LogP contribution in [0.3, 0.4) is 0 Å². The summed E-state index contributed by atoms with van der Waals surface area (Å²) in [6.45, 7) is 8.05. The third kappa shape index (κ3) is 4.33. The number of aryl methyl sites for hydroxylation is 1. The highest BCUT2D eigenvalue weighted by Gasteiger charge is 2.23. The molecule has 0 saturated carbocycles. The maximum Gasteiger partial charge on any atom is 0.335 e. The molecule has 2 atom stereocenters. The van der Waals surface area contributed by atoms with Crippen LogP contribution in [0, 0.1) is 12.8 Å². The van der Waals surface area contributed by atoms with Gasteiger partial charge in [0.15, 0.2) is 0 Å². The van der Waals surface area contributed by atoms with E-state index in [1.807, 2.05) is 24.3 Å². The van der Waals surface area contributed by atoms with Crippen molar-refractivity contribution in [1.29, 1.82) is 0 Å². The number of hydrogen-bond acceptors (Lipinski definition) is 2. The van der Waals surface area contributed by atoms with Crippen LogP contribution < -0.4 is 4.74 Å². The lowest BCUT2D eigenvalue weighted by Gasteiger charge is -2.26. The van der Waals surface area contributed by atoms with E-state index in [4.69, 9.17) is 4.74 Å². The van der Waals surface area contributed by atoms with Crippen molar-refractivity contribution in [2.45, 2.75) is 19.8 Å². The van der Waals surface area contributed by atoms with Gasteiger partial charge in [0.25, 0.3) is 0 Å². The molecule has 8 rings (SSSR count). The Labute approximate surface area is 261 Å². The number of ether oxygens (including phenoxy) is 1. The topological polar surface area (TPSA) is 36.2 Å². The predicted molar refractivity (Wildman–Crippen MR) is 186 cm³/mol. The van der Waals surface area contributed by atoms with E-state index in [9.17, 15) is 4.79 Å². The number of hydrogen-bond donors (Lipinski definition) is 0. The summed E-state index contributed by atoms with van der Waals surface area (Å²) >= 11 is 0. The maximum atomic E-state index is 11.9. The summed E-state index contributed by atoms with van der Waals surface area (Å²) in [5, 5.41) is 4.70. The third-order valence-electron chi connectivity index (χ3n) is 9.21. The molecular formula is C41H32N2O2. The predicted octanol–water partition coefficient (Wildman–Crippen LogP) is 10.1. The molecule has 7 aromatic rings. The smallest absolute Gasteiger partial charge is 0.335 e. The van der Waals surface area contributed by atoms with E-state index in [1.165, 1.54) is 44.7 Å². The van der Waals surface area contributed by atoms with Crippen molar-refractivity contribution in [2.24, 2.45) is 5.92 Å². The van der Waals surface area contributed by atoms with Crippen LogP contribution >= 0.6 is 0 Å². The van der Waals surface area contributed by atoms with Gasteiger partial charge in [-0.25, -0.2) is 4.79 Å². The highest BCUT2D eigenvalue weighted by Crippen LogP contribution is 2.40. The van der Waals surface area contributed by atoms with E-state index in [1.54, 1.807) is 0 Å². The first kappa shape index (κ1) is 27.0. The Morgan fingerprint density at radius 2 is 1.33 bits per heavy atom. The van der Waals surface area contributed by atoms with E-state index in [0.29, 0.717) is 5.75 Å². The van der Waals surface area contributed by atoms with E-state index in [0.717, 1.165) is 27.5 Å². The standard InChI is InChI=1S/C41H32N2O2/c1-4-41(44)45-30-19-22-40-36(25-30)35-13-7-10-16-39(35)43(40)29-18-21-32(27(3)24-29)31-20-17-28(23-26(31)2)42-37-14-8-5-11-33(37)34-12-6-9-15-38(34)42/h4-25,27,32H,1H2,2-3H3. The maximum absolute atomic E-state index is 11.9. The molecule has 2 aromatic heterocycles. The molecule has 4 nitrogen and oxygen atoms in total. The Kier molecular flexibility index (Phi) is 6.31. The van der Waals surface area contributed by atoms with Gasteiger partial charge in [0, 0.05) is 44.9 Å². The van der Waals surface area contributed by atoms with Crippen molar-refractivity contribution in [2.75, 3.05) is 0 Å². The van der Waals surface area contributed by atoms with E-state index in [2.05, 4.69) is 133 Å². The number of esters is 1. The minimum Gasteiger partial charge on any atom is -0.423 e. The summed E-state index contributed by atoms with van der Waals surface area (Å²) in [5.74, 6) is 0.594. The number of rotatable bonds is 5. The monoisotopic (exact) mass is 584 g/mol. The second-order valence-corrected chi connectivity index (χ2v) is 11.9. The minimum atomic E-state index is -0.464. The summed E-state index contributed by atoms with van der Waals surface area (Å²) in [4.78, 5) is 11.9. The normalized spacial score (nSPS) is 16.4. The molecule has 1 aliphatic carbocycles. The van der Waals surface area contributed by atoms with Crippen molar-refractivity contribution in [3.8, 4) is 11.4 Å². The van der Waals surface area contributed by atoms with E-state index >= 15 is 0 Å². The molecule has 0 saturated heterocycles. The SMILES string of the molecule is C=CC(=O)Oc1ccc2c(c1)c1ccccc1n2C1=CC(C)C(c2ccc(-n3c4ccccc4c4ccccc43)cc2C)C=C1. The molecule has 2 unspecified atom stereocenters. The largest absolute Gasteiger partial charge is 0.423 e. The van der Waals surface area contributed by atoms with Crippen LogP contribution in [0.25, 0.3) is 55.0 Å². The number of para-hydroxylation sites is 3. The lowest BCUT2D eigenvalue weighted by atomic mass is 9.81. The van der Waals surface area contributed by atoms with Gasteiger partial charge in [-0.15, -0.1) is 0 Å². The molecule has 4 heteroatoms. The minimum absolute atomic E-state index is 0.263. The summed E-state index contributed by atoms with van der Waals surface area (Å²) in [6.07, 6.45) is 8.16. The highest BCUT2D eigenvalue weighted by molar-refractivity contribution is 6.11. The van der Waals surface area contributed by atoms with Gasteiger partial charge in [-0.2, -0.15) is 0 Å². The van der Waals surface area contributed by atoms with Crippen molar-refractivity contribution < 1.29 is 9.53 Å². The van der Waals surface area contributed by atoms with Crippen LogP contribution in [0.1, 0.15) is 24.0 Å². The second kappa shape index (κ2) is 10.5. The van der Waals surface area contributed by atoms with Crippen molar-refractivity contribution in [3.05, 3.63) is 151 Å². The Balaban J connectivity index is 1.16. The molecule has 0 amide bonds. The molecule has 218 valence electrons. The molecule has 0 radical (unpaired) electrons. The quantitative estimate of drug-likeness (QED) is 0.115. The third-order valence-corrected chi connectivity index (χ3v) is 9.21. The summed E-state index contributed by atoms with van der Waals surface area (Å²) in [5.41, 5.74) is 9.58. The van der Waals surface area contributed by atoms with Crippen LogP contribution in [-0.4, -0.2) is 15.1 Å². The Hall–Kier alpha value is -5.61. The first-order valence-electron chi connectivity index (χ1n) is 15.4. The van der Waals surface area contributed by atoms with Gasteiger partial charge in [-0.05, 0) is 78.6 Å². The van der Waals surface area contributed by atoms with Gasteiger partial charge < -0.3 is 13.9 Å². The zero-order valence-corrected chi connectivity index (χ0v) is 25.3. The van der Waals surface area contributed by atoms with Crippen LogP contribution in [0.15, 0.2) is 140 Å². The summed E-state index contributed by atoms with van der Waals surface area (Å²) in [7, 11) is 0. The Morgan fingerprint density at radius 1 is 0.733 bits per heavy atom. The number of benzene rings is 5. The number of nitrogens with zero attached hydrogens (tertiary/aromatic N) is 2. The lowest BCUT2D eigenvalue weighted by Crippen LogP contribution is -2.12. The van der Waals surface area contributed by atoms with Crippen LogP contribution in [0.5, 0.6) is 5.75 Å². The van der Waals surface area contributed by atoms with Gasteiger partial charge >= 0.3 is 5.97 Å². The Bertz CT molecular complexity index is 2330. The molecule has 0 aliphatic heterocycles. The molecule has 5 aromatic carbocycles. The number of carbonyl (C=O) groups is 1. The fourth-order valence-electron chi connectivity index (χ4n) is 7.17. The van der Waals surface area contributed by atoms with Crippen LogP contribution in [0.4, 0.5) is 0 Å². The Morgan fingerprint density at radius 3 is 1.96 bits per heavy atom. The molecule has 1 aliphatic rings. The number of allylic oxidation sites excluding steroid dienone is 4. The van der Waals surface area contributed by atoms with Gasteiger partial charge in [-0.1, -0.05) is 86.3 Å². The lowest BCUT2D eigenvalue weighted by molar-refractivity contribution is -0.128. The molecule has 0 bridgehead atoms. The molecule has 2 heterocycles. The van der Waals surface area contributed by atoms with Crippen molar-refractivity contribution in [3.63, 3.8) is 0 Å². The molecule has 0 N–H and O–H groups in total. The summed E-state index contributed by atoms with van der Waals surface area (Å²) in [6, 6.07) is 38.4. The van der Waals surface area contributed by atoms with Crippen molar-refractivity contribution in [1.82, 2.24) is 9.13 Å². The van der Waals surface area contributed by atoms with Crippen LogP contribution in [0.2, 0.25) is 0 Å². The van der Waals surface area contributed by atoms with E-state index in [-0.39, 0.29) is 11.8 Å². The fourth-order valence-corrected chi connectivity index (χ4v) is 7.17. The second-order valence-electron chi connectivity index (χ2n) is 11.9. The molecule has 45 heavy (non-hydrogen) atoms. The number of carbonyl (C=O) groups excluding carboxylic acids is 1. The fraction of sp³-hybridized carbons (Fsp3) is 0.0976. The van der Waals surface area contributed by atoms with Gasteiger partial charge in [0.2, 0.25) is 0 Å². The molecule has 0 fully saturated rings.